The number of benzene rings is 9. The predicted octanol–water partition coefficient (Wildman–Crippen LogP) is 13.6. The number of fused-ring (bicyclic) bond motifs is 7. The van der Waals surface area contributed by atoms with Crippen molar-refractivity contribution in [1.82, 2.24) is 15.0 Å². The van der Waals surface area contributed by atoms with E-state index in [0.717, 1.165) is 71.7 Å². The first kappa shape index (κ1) is 31.1. The summed E-state index contributed by atoms with van der Waals surface area (Å²) in [6.45, 7) is 0. The lowest BCUT2D eigenvalue weighted by atomic mass is 9.94. The summed E-state index contributed by atoms with van der Waals surface area (Å²) in [4.78, 5) is 15.7. The highest BCUT2D eigenvalue weighted by Crippen LogP contribution is 2.43. The Labute approximate surface area is 317 Å². The Morgan fingerprint density at radius 2 is 0.873 bits per heavy atom. The van der Waals surface area contributed by atoms with E-state index in [1.54, 1.807) is 0 Å². The molecule has 0 unspecified atom stereocenters. The van der Waals surface area contributed by atoms with Gasteiger partial charge in [-0.15, -0.1) is 0 Å². The molecule has 55 heavy (non-hydrogen) atoms. The average molecular weight is 702 g/mol. The number of aromatic nitrogens is 3. The van der Waals surface area contributed by atoms with Crippen molar-refractivity contribution in [2.75, 3.05) is 0 Å². The standard InChI is InChI=1S/C51H31N3O/c1-2-13-33(14-3-1)41-20-10-22-45-47-43(21-11-23-46(47)55-48(41)45)42-18-8-9-19-44(42)51-53-49(37-27-24-32-12-4-5-16-35(32)30-37)52-50(54-51)38-28-29-40-36(31-38)26-25-34-15-6-7-17-39(34)40/h1-31H. The molecule has 0 aliphatic heterocycles. The van der Waals surface area contributed by atoms with Crippen molar-refractivity contribution >= 4 is 54.3 Å². The van der Waals surface area contributed by atoms with Crippen LogP contribution in [0.3, 0.4) is 0 Å². The van der Waals surface area contributed by atoms with Crippen LogP contribution in [0.4, 0.5) is 0 Å². The van der Waals surface area contributed by atoms with Gasteiger partial charge in [0.1, 0.15) is 11.2 Å². The van der Waals surface area contributed by atoms with Crippen LogP contribution in [-0.4, -0.2) is 15.0 Å². The molecule has 0 spiro atoms. The fourth-order valence-corrected chi connectivity index (χ4v) is 8.07. The van der Waals surface area contributed by atoms with Gasteiger partial charge in [0.15, 0.2) is 17.5 Å². The third-order valence-electron chi connectivity index (χ3n) is 10.7. The van der Waals surface area contributed by atoms with E-state index in [-0.39, 0.29) is 0 Å². The van der Waals surface area contributed by atoms with Gasteiger partial charge in [-0.25, -0.2) is 15.0 Å². The quantitative estimate of drug-likeness (QED) is 0.168. The molecule has 0 saturated carbocycles. The fourth-order valence-electron chi connectivity index (χ4n) is 8.07. The Hall–Kier alpha value is -7.43. The Morgan fingerprint density at radius 1 is 0.309 bits per heavy atom. The smallest absolute Gasteiger partial charge is 0.164 e. The molecule has 0 aliphatic rings. The fraction of sp³-hybridized carbons (Fsp3) is 0. The Bertz CT molecular complexity index is 3270. The molecule has 0 bridgehead atoms. The van der Waals surface area contributed by atoms with Crippen molar-refractivity contribution in [3.05, 3.63) is 188 Å². The molecule has 2 aromatic heterocycles. The van der Waals surface area contributed by atoms with E-state index in [1.165, 1.54) is 21.5 Å². The number of rotatable bonds is 5. The highest BCUT2D eigenvalue weighted by molar-refractivity contribution is 6.16. The first-order chi connectivity index (χ1) is 27.2. The second-order valence-electron chi connectivity index (χ2n) is 14.0. The molecule has 0 amide bonds. The minimum absolute atomic E-state index is 0.608. The molecule has 256 valence electrons. The Balaban J connectivity index is 1.13. The van der Waals surface area contributed by atoms with Crippen molar-refractivity contribution in [3.8, 4) is 56.4 Å². The summed E-state index contributed by atoms with van der Waals surface area (Å²) in [6, 6.07) is 65.7. The summed E-state index contributed by atoms with van der Waals surface area (Å²) in [5, 5.41) is 9.22. The minimum Gasteiger partial charge on any atom is -0.455 e. The largest absolute Gasteiger partial charge is 0.455 e. The number of furan rings is 1. The lowest BCUT2D eigenvalue weighted by molar-refractivity contribution is 0.670. The second-order valence-corrected chi connectivity index (χ2v) is 14.0. The van der Waals surface area contributed by atoms with Crippen LogP contribution < -0.4 is 0 Å². The van der Waals surface area contributed by atoms with Gasteiger partial charge < -0.3 is 4.42 Å². The van der Waals surface area contributed by atoms with Crippen molar-refractivity contribution in [1.29, 1.82) is 0 Å². The van der Waals surface area contributed by atoms with Gasteiger partial charge in [0.05, 0.1) is 0 Å². The first-order valence-corrected chi connectivity index (χ1v) is 18.5. The van der Waals surface area contributed by atoms with Crippen LogP contribution in [0.15, 0.2) is 192 Å². The van der Waals surface area contributed by atoms with Gasteiger partial charge in [-0.1, -0.05) is 170 Å². The Morgan fingerprint density at radius 3 is 1.73 bits per heavy atom. The van der Waals surface area contributed by atoms with E-state index in [9.17, 15) is 0 Å². The molecule has 4 heteroatoms. The van der Waals surface area contributed by atoms with E-state index in [2.05, 4.69) is 182 Å². The van der Waals surface area contributed by atoms with Crippen LogP contribution in [0.25, 0.3) is 111 Å². The van der Waals surface area contributed by atoms with E-state index < -0.39 is 0 Å². The van der Waals surface area contributed by atoms with E-state index in [0.29, 0.717) is 17.5 Å². The molecule has 0 fully saturated rings. The third-order valence-corrected chi connectivity index (χ3v) is 10.7. The van der Waals surface area contributed by atoms with Crippen molar-refractivity contribution in [2.45, 2.75) is 0 Å². The van der Waals surface area contributed by atoms with E-state index >= 15 is 0 Å². The summed E-state index contributed by atoms with van der Waals surface area (Å²) < 4.78 is 6.66. The number of nitrogens with zero attached hydrogens (tertiary/aromatic N) is 3. The molecule has 9 aromatic carbocycles. The van der Waals surface area contributed by atoms with Gasteiger partial charge in [0, 0.05) is 33.0 Å². The number of para-hydroxylation sites is 1. The van der Waals surface area contributed by atoms with Crippen molar-refractivity contribution in [2.24, 2.45) is 0 Å². The molecular weight excluding hydrogens is 671 g/mol. The van der Waals surface area contributed by atoms with Gasteiger partial charge in [0.2, 0.25) is 0 Å². The van der Waals surface area contributed by atoms with Crippen molar-refractivity contribution < 1.29 is 4.42 Å². The van der Waals surface area contributed by atoms with Crippen LogP contribution >= 0.6 is 0 Å². The average Bonchev–Trinajstić information content (AvgIpc) is 3.65. The summed E-state index contributed by atoms with van der Waals surface area (Å²) in [7, 11) is 0. The molecule has 2 heterocycles. The maximum atomic E-state index is 6.66. The van der Waals surface area contributed by atoms with Crippen LogP contribution in [0.2, 0.25) is 0 Å². The van der Waals surface area contributed by atoms with E-state index in [4.69, 9.17) is 19.4 Å². The monoisotopic (exact) mass is 701 g/mol. The summed E-state index contributed by atoms with van der Waals surface area (Å²) >= 11 is 0. The third kappa shape index (κ3) is 5.26. The zero-order valence-electron chi connectivity index (χ0n) is 29.6. The second kappa shape index (κ2) is 12.6. The molecule has 11 aromatic rings. The molecular formula is C51H31N3O. The molecule has 0 atom stereocenters. The zero-order valence-corrected chi connectivity index (χ0v) is 29.6. The lowest BCUT2D eigenvalue weighted by Crippen LogP contribution is -2.01. The topological polar surface area (TPSA) is 51.8 Å². The summed E-state index contributed by atoms with van der Waals surface area (Å²) in [5.41, 5.74) is 8.76. The van der Waals surface area contributed by atoms with E-state index in [1.807, 2.05) is 6.07 Å². The minimum atomic E-state index is 0.608. The SMILES string of the molecule is c1ccc(-c2cccc3c2oc2cccc(-c4ccccc4-c4nc(-c5ccc6ccccc6c5)nc(-c5ccc6c(ccc7ccccc76)c5)n4)c23)cc1. The predicted molar refractivity (Wildman–Crippen MR) is 227 cm³/mol. The highest BCUT2D eigenvalue weighted by atomic mass is 16.3. The molecule has 0 N–H and O–H groups in total. The van der Waals surface area contributed by atoms with Crippen LogP contribution in [0.5, 0.6) is 0 Å². The van der Waals surface area contributed by atoms with Gasteiger partial charge in [-0.2, -0.15) is 0 Å². The zero-order chi connectivity index (χ0) is 36.3. The lowest BCUT2D eigenvalue weighted by Gasteiger charge is -2.13. The number of hydrogen-bond donors (Lipinski definition) is 0. The first-order valence-electron chi connectivity index (χ1n) is 18.5. The molecule has 0 radical (unpaired) electrons. The van der Waals surface area contributed by atoms with Crippen LogP contribution in [-0.2, 0) is 0 Å². The molecule has 4 nitrogen and oxygen atoms in total. The Kier molecular flexibility index (Phi) is 7.14. The van der Waals surface area contributed by atoms with Crippen LogP contribution in [0, 0.1) is 0 Å². The molecule has 0 aliphatic carbocycles. The van der Waals surface area contributed by atoms with Gasteiger partial charge >= 0.3 is 0 Å². The van der Waals surface area contributed by atoms with Crippen molar-refractivity contribution in [3.63, 3.8) is 0 Å². The highest BCUT2D eigenvalue weighted by Gasteiger charge is 2.20. The summed E-state index contributed by atoms with van der Waals surface area (Å²) in [5.74, 6) is 1.85. The molecule has 0 saturated heterocycles. The van der Waals surface area contributed by atoms with Gasteiger partial charge in [-0.3, -0.25) is 0 Å². The molecule has 11 rings (SSSR count). The summed E-state index contributed by atoms with van der Waals surface area (Å²) in [6.07, 6.45) is 0. The maximum absolute atomic E-state index is 6.66. The van der Waals surface area contributed by atoms with Gasteiger partial charge in [-0.05, 0) is 67.2 Å². The van der Waals surface area contributed by atoms with Gasteiger partial charge in [0.25, 0.3) is 0 Å². The van der Waals surface area contributed by atoms with Crippen LogP contribution in [0.1, 0.15) is 0 Å². The normalized spacial score (nSPS) is 11.6. The number of hydrogen-bond acceptors (Lipinski definition) is 4. The maximum Gasteiger partial charge on any atom is 0.164 e.